The molecule has 2 N–H and O–H groups in total. The van der Waals surface area contributed by atoms with E-state index < -0.39 is 23.7 Å². The molecule has 0 bridgehead atoms. The van der Waals surface area contributed by atoms with E-state index in [2.05, 4.69) is 14.3 Å². The maximum atomic E-state index is 13.2. The molecule has 0 radical (unpaired) electrons. The number of benzene rings is 1. The molecule has 3 rings (SSSR count). The Morgan fingerprint density at radius 3 is 2.43 bits per heavy atom. The van der Waals surface area contributed by atoms with Crippen molar-refractivity contribution in [2.75, 3.05) is 4.90 Å². The van der Waals surface area contributed by atoms with Crippen molar-refractivity contribution in [1.29, 1.82) is 0 Å². The Hall–Kier alpha value is -3.12. The lowest BCUT2D eigenvalue weighted by molar-refractivity contribution is -0.144. The molecule has 0 spiro atoms. The standard InChI is InChI=1S/C16H11F4N5O2S/c17-11-5-6-12(21-7-11)25(15-22-14(24-28-15)16(18,19)20)8-9-1-3-10(4-2-9)13(26)23-27/h1-7,27H,8H2,(H,23,26). The van der Waals surface area contributed by atoms with Gasteiger partial charge in [-0.1, -0.05) is 12.1 Å². The van der Waals surface area contributed by atoms with E-state index in [1.165, 1.54) is 28.6 Å². The fraction of sp³-hybridized carbons (Fsp3) is 0.125. The van der Waals surface area contributed by atoms with Crippen LogP contribution in [0.25, 0.3) is 0 Å². The van der Waals surface area contributed by atoms with Crippen molar-refractivity contribution in [2.24, 2.45) is 0 Å². The second-order valence-electron chi connectivity index (χ2n) is 5.46. The predicted octanol–water partition coefficient (Wildman–Crippen LogP) is 3.55. The summed E-state index contributed by atoms with van der Waals surface area (Å²) in [5.74, 6) is -2.42. The molecule has 0 atom stereocenters. The lowest BCUT2D eigenvalue weighted by Gasteiger charge is -2.20. The third kappa shape index (κ3) is 4.40. The van der Waals surface area contributed by atoms with Crippen molar-refractivity contribution in [1.82, 2.24) is 19.8 Å². The first-order chi connectivity index (χ1) is 13.3. The van der Waals surface area contributed by atoms with E-state index in [-0.39, 0.29) is 23.1 Å². The summed E-state index contributed by atoms with van der Waals surface area (Å²) in [5.41, 5.74) is 2.29. The van der Waals surface area contributed by atoms with Crippen molar-refractivity contribution >= 4 is 28.4 Å². The maximum absolute atomic E-state index is 13.2. The zero-order valence-corrected chi connectivity index (χ0v) is 14.6. The van der Waals surface area contributed by atoms with Crippen LogP contribution in [-0.2, 0) is 12.7 Å². The monoisotopic (exact) mass is 413 g/mol. The van der Waals surface area contributed by atoms with E-state index in [4.69, 9.17) is 5.21 Å². The van der Waals surface area contributed by atoms with Crippen LogP contribution in [0.2, 0.25) is 0 Å². The highest BCUT2D eigenvalue weighted by molar-refractivity contribution is 7.09. The van der Waals surface area contributed by atoms with Gasteiger partial charge in [-0.05, 0) is 29.8 Å². The van der Waals surface area contributed by atoms with E-state index in [0.717, 1.165) is 12.3 Å². The molecule has 0 aliphatic rings. The topological polar surface area (TPSA) is 91.2 Å². The highest BCUT2D eigenvalue weighted by atomic mass is 32.1. The number of rotatable bonds is 5. The number of anilines is 2. The van der Waals surface area contributed by atoms with Gasteiger partial charge in [-0.3, -0.25) is 14.9 Å². The van der Waals surface area contributed by atoms with Crippen LogP contribution in [0.1, 0.15) is 21.7 Å². The number of nitrogens with zero attached hydrogens (tertiary/aromatic N) is 4. The molecule has 0 fully saturated rings. The third-order valence-electron chi connectivity index (χ3n) is 3.55. The average molecular weight is 413 g/mol. The summed E-state index contributed by atoms with van der Waals surface area (Å²) in [6, 6.07) is 8.38. The van der Waals surface area contributed by atoms with Crippen LogP contribution in [0.15, 0.2) is 42.6 Å². The van der Waals surface area contributed by atoms with Crippen molar-refractivity contribution in [3.63, 3.8) is 0 Å². The normalized spacial score (nSPS) is 11.3. The summed E-state index contributed by atoms with van der Waals surface area (Å²) < 4.78 is 55.0. The molecule has 2 heterocycles. The first kappa shape index (κ1) is 19.6. The van der Waals surface area contributed by atoms with Gasteiger partial charge in [-0.25, -0.2) is 14.9 Å². The van der Waals surface area contributed by atoms with Crippen LogP contribution in [0.3, 0.4) is 0 Å². The third-order valence-corrected chi connectivity index (χ3v) is 4.29. The second-order valence-corrected chi connectivity index (χ2v) is 6.19. The molecule has 0 unspecified atom stereocenters. The Bertz CT molecular complexity index is 960. The summed E-state index contributed by atoms with van der Waals surface area (Å²) in [4.78, 5) is 20.1. The summed E-state index contributed by atoms with van der Waals surface area (Å²) in [6.45, 7) is 0.0339. The smallest absolute Gasteiger partial charge is 0.297 e. The zero-order chi connectivity index (χ0) is 20.3. The van der Waals surface area contributed by atoms with Gasteiger partial charge in [0.1, 0.15) is 11.6 Å². The van der Waals surface area contributed by atoms with Gasteiger partial charge in [-0.15, -0.1) is 0 Å². The molecular formula is C16H11F4N5O2S. The van der Waals surface area contributed by atoms with E-state index in [1.54, 1.807) is 12.1 Å². The van der Waals surface area contributed by atoms with E-state index >= 15 is 0 Å². The summed E-state index contributed by atoms with van der Waals surface area (Å²) in [7, 11) is 0. The van der Waals surface area contributed by atoms with Crippen LogP contribution in [0, 0.1) is 5.82 Å². The van der Waals surface area contributed by atoms with Gasteiger partial charge in [0, 0.05) is 17.1 Å². The number of hydroxylamine groups is 1. The van der Waals surface area contributed by atoms with Crippen molar-refractivity contribution in [3.05, 3.63) is 65.4 Å². The largest absolute Gasteiger partial charge is 0.452 e. The molecule has 28 heavy (non-hydrogen) atoms. The van der Waals surface area contributed by atoms with E-state index in [9.17, 15) is 22.4 Å². The zero-order valence-electron chi connectivity index (χ0n) is 13.8. The minimum Gasteiger partial charge on any atom is -0.297 e. The number of carbonyl (C=O) groups is 1. The number of hydrogen-bond acceptors (Lipinski definition) is 7. The molecular weight excluding hydrogens is 402 g/mol. The van der Waals surface area contributed by atoms with Gasteiger partial charge >= 0.3 is 6.18 Å². The van der Waals surface area contributed by atoms with Crippen LogP contribution in [-0.4, -0.2) is 25.5 Å². The number of hydrogen-bond donors (Lipinski definition) is 2. The molecule has 0 aliphatic carbocycles. The molecule has 146 valence electrons. The number of halogens is 4. The van der Waals surface area contributed by atoms with Crippen molar-refractivity contribution < 1.29 is 27.6 Å². The molecule has 12 heteroatoms. The number of amides is 1. The first-order valence-electron chi connectivity index (χ1n) is 7.61. The quantitative estimate of drug-likeness (QED) is 0.378. The minimum absolute atomic E-state index is 0.0339. The fourth-order valence-corrected chi connectivity index (χ4v) is 2.92. The van der Waals surface area contributed by atoms with Gasteiger partial charge in [0.25, 0.3) is 5.91 Å². The van der Waals surface area contributed by atoms with Crippen LogP contribution < -0.4 is 10.4 Å². The molecule has 7 nitrogen and oxygen atoms in total. The van der Waals surface area contributed by atoms with E-state index in [1.807, 2.05) is 0 Å². The number of alkyl halides is 3. The molecule has 3 aromatic rings. The fourth-order valence-electron chi connectivity index (χ4n) is 2.22. The number of carbonyl (C=O) groups excluding carboxylic acids is 1. The SMILES string of the molecule is O=C(NO)c1ccc(CN(c2ccc(F)cn2)c2nc(C(F)(F)F)ns2)cc1. The predicted molar refractivity (Wildman–Crippen MR) is 90.6 cm³/mol. The lowest BCUT2D eigenvalue weighted by atomic mass is 10.1. The second kappa shape index (κ2) is 7.86. The summed E-state index contributed by atoms with van der Waals surface area (Å²) >= 11 is 0.528. The number of aromatic nitrogens is 3. The molecule has 1 amide bonds. The van der Waals surface area contributed by atoms with E-state index in [0.29, 0.717) is 17.1 Å². The van der Waals surface area contributed by atoms with Crippen LogP contribution in [0.5, 0.6) is 0 Å². The van der Waals surface area contributed by atoms with Crippen molar-refractivity contribution in [2.45, 2.75) is 12.7 Å². The van der Waals surface area contributed by atoms with Crippen molar-refractivity contribution in [3.8, 4) is 0 Å². The highest BCUT2D eigenvalue weighted by Crippen LogP contribution is 2.33. The number of pyridine rings is 1. The Labute approximate surface area is 159 Å². The Balaban J connectivity index is 1.93. The summed E-state index contributed by atoms with van der Waals surface area (Å²) in [5, 5.41) is 8.56. The van der Waals surface area contributed by atoms with Crippen LogP contribution >= 0.6 is 11.5 Å². The van der Waals surface area contributed by atoms with Crippen LogP contribution in [0.4, 0.5) is 28.5 Å². The Kier molecular flexibility index (Phi) is 5.51. The van der Waals surface area contributed by atoms with Gasteiger partial charge in [0.15, 0.2) is 0 Å². The molecule has 0 aliphatic heterocycles. The minimum atomic E-state index is -4.70. The summed E-state index contributed by atoms with van der Waals surface area (Å²) in [6.07, 6.45) is -3.77. The molecule has 0 saturated heterocycles. The van der Waals surface area contributed by atoms with Gasteiger partial charge < -0.3 is 0 Å². The molecule has 2 aromatic heterocycles. The lowest BCUT2D eigenvalue weighted by Crippen LogP contribution is -2.20. The van der Waals surface area contributed by atoms with Gasteiger partial charge in [-0.2, -0.15) is 22.5 Å². The van der Waals surface area contributed by atoms with Gasteiger partial charge in [0.2, 0.25) is 11.0 Å². The Morgan fingerprint density at radius 2 is 1.89 bits per heavy atom. The molecule has 1 aromatic carbocycles. The molecule has 0 saturated carbocycles. The van der Waals surface area contributed by atoms with Gasteiger partial charge in [0.05, 0.1) is 12.7 Å². The average Bonchev–Trinajstić information content (AvgIpc) is 3.17. The first-order valence-corrected chi connectivity index (χ1v) is 8.38. The maximum Gasteiger partial charge on any atom is 0.452 e. The highest BCUT2D eigenvalue weighted by Gasteiger charge is 2.36. The Morgan fingerprint density at radius 1 is 1.18 bits per heavy atom. The number of nitrogens with one attached hydrogen (secondary N) is 1.